The molecule has 1 saturated heterocycles. The number of nitro groups is 1. The second-order valence-electron chi connectivity index (χ2n) is 7.52. The van der Waals surface area contributed by atoms with E-state index in [4.69, 9.17) is 0 Å². The second-order valence-corrected chi connectivity index (χ2v) is 9.50. The lowest BCUT2D eigenvalue weighted by Gasteiger charge is -2.35. The van der Waals surface area contributed by atoms with E-state index in [0.29, 0.717) is 38.4 Å². The van der Waals surface area contributed by atoms with Crippen LogP contribution in [-0.4, -0.2) is 56.6 Å². The first-order chi connectivity index (χ1) is 11.5. The SMILES string of the molecule is CC(C)(C)CNc1cc(N2CCN(S(C)(=O)=O)CC2)ccc1[N+](=O)[O-]. The van der Waals surface area contributed by atoms with Crippen LogP contribution in [0, 0.1) is 15.5 Å². The van der Waals surface area contributed by atoms with Gasteiger partial charge in [-0.05, 0) is 17.5 Å². The molecule has 1 heterocycles. The molecule has 1 N–H and O–H groups in total. The quantitative estimate of drug-likeness (QED) is 0.630. The first-order valence-electron chi connectivity index (χ1n) is 8.20. The maximum Gasteiger partial charge on any atom is 0.292 e. The van der Waals surface area contributed by atoms with Gasteiger partial charge < -0.3 is 10.2 Å². The number of piperazine rings is 1. The topological polar surface area (TPSA) is 95.8 Å². The van der Waals surface area contributed by atoms with Crippen LogP contribution in [0.4, 0.5) is 17.1 Å². The monoisotopic (exact) mass is 370 g/mol. The number of hydrogen-bond acceptors (Lipinski definition) is 6. The van der Waals surface area contributed by atoms with Crippen LogP contribution in [0.3, 0.4) is 0 Å². The van der Waals surface area contributed by atoms with E-state index < -0.39 is 14.9 Å². The Morgan fingerprint density at radius 1 is 1.20 bits per heavy atom. The number of hydrogen-bond donors (Lipinski definition) is 1. The predicted molar refractivity (Wildman–Crippen MR) is 99.7 cm³/mol. The zero-order valence-electron chi connectivity index (χ0n) is 15.2. The third-order valence-corrected chi connectivity index (χ3v) is 5.36. The number of nitrogens with one attached hydrogen (secondary N) is 1. The van der Waals surface area contributed by atoms with Crippen molar-refractivity contribution in [2.24, 2.45) is 5.41 Å². The van der Waals surface area contributed by atoms with Gasteiger partial charge in [0.05, 0.1) is 11.2 Å². The van der Waals surface area contributed by atoms with Gasteiger partial charge in [-0.3, -0.25) is 10.1 Å². The van der Waals surface area contributed by atoms with Gasteiger partial charge in [0.2, 0.25) is 10.0 Å². The van der Waals surface area contributed by atoms with Gasteiger partial charge in [-0.15, -0.1) is 0 Å². The maximum atomic E-state index is 11.6. The van der Waals surface area contributed by atoms with Gasteiger partial charge in [0, 0.05) is 44.5 Å². The summed E-state index contributed by atoms with van der Waals surface area (Å²) in [6.45, 7) is 8.73. The van der Waals surface area contributed by atoms with Crippen molar-refractivity contribution in [3.05, 3.63) is 28.3 Å². The highest BCUT2D eigenvalue weighted by Gasteiger charge is 2.25. The van der Waals surface area contributed by atoms with Gasteiger partial charge in [0.1, 0.15) is 5.69 Å². The molecule has 0 aliphatic carbocycles. The molecule has 0 aromatic heterocycles. The molecule has 1 aromatic rings. The highest BCUT2D eigenvalue weighted by Crippen LogP contribution is 2.31. The van der Waals surface area contributed by atoms with Crippen LogP contribution in [0.5, 0.6) is 0 Å². The van der Waals surface area contributed by atoms with Gasteiger partial charge in [-0.25, -0.2) is 8.42 Å². The van der Waals surface area contributed by atoms with Crippen molar-refractivity contribution < 1.29 is 13.3 Å². The van der Waals surface area contributed by atoms with Crippen LogP contribution < -0.4 is 10.2 Å². The summed E-state index contributed by atoms with van der Waals surface area (Å²) in [6.07, 6.45) is 1.21. The number of sulfonamides is 1. The lowest BCUT2D eigenvalue weighted by molar-refractivity contribution is -0.384. The predicted octanol–water partition coefficient (Wildman–Crippen LogP) is 2.13. The van der Waals surface area contributed by atoms with Gasteiger partial charge >= 0.3 is 0 Å². The largest absolute Gasteiger partial charge is 0.379 e. The van der Waals surface area contributed by atoms with Crippen molar-refractivity contribution in [3.63, 3.8) is 0 Å². The van der Waals surface area contributed by atoms with Crippen molar-refractivity contribution in [1.29, 1.82) is 0 Å². The Hall–Kier alpha value is -1.87. The van der Waals surface area contributed by atoms with E-state index in [1.807, 2.05) is 4.90 Å². The molecule has 0 saturated carbocycles. The highest BCUT2D eigenvalue weighted by molar-refractivity contribution is 7.88. The molecule has 0 atom stereocenters. The molecule has 1 aromatic carbocycles. The molecule has 140 valence electrons. The second kappa shape index (κ2) is 7.17. The van der Waals surface area contributed by atoms with Crippen molar-refractivity contribution in [2.45, 2.75) is 20.8 Å². The number of nitro benzene ring substituents is 1. The summed E-state index contributed by atoms with van der Waals surface area (Å²) in [6, 6.07) is 5.00. The molecular weight excluding hydrogens is 344 g/mol. The highest BCUT2D eigenvalue weighted by atomic mass is 32.2. The molecule has 25 heavy (non-hydrogen) atoms. The minimum absolute atomic E-state index is 0.00894. The summed E-state index contributed by atoms with van der Waals surface area (Å²) in [5.41, 5.74) is 1.38. The average molecular weight is 370 g/mol. The van der Waals surface area contributed by atoms with Gasteiger partial charge in [-0.2, -0.15) is 4.31 Å². The van der Waals surface area contributed by atoms with Crippen LogP contribution in [-0.2, 0) is 10.0 Å². The van der Waals surface area contributed by atoms with E-state index in [9.17, 15) is 18.5 Å². The van der Waals surface area contributed by atoms with Gasteiger partial charge in [0.15, 0.2) is 0 Å². The summed E-state index contributed by atoms with van der Waals surface area (Å²) >= 11 is 0. The number of anilines is 2. The Bertz CT molecular complexity index is 735. The molecule has 0 radical (unpaired) electrons. The van der Waals surface area contributed by atoms with E-state index in [1.165, 1.54) is 16.6 Å². The minimum Gasteiger partial charge on any atom is -0.379 e. The number of rotatable bonds is 5. The van der Waals surface area contributed by atoms with Gasteiger partial charge in [0.25, 0.3) is 5.69 Å². The van der Waals surface area contributed by atoms with E-state index >= 15 is 0 Å². The molecule has 0 unspecified atom stereocenters. The van der Waals surface area contributed by atoms with Crippen molar-refractivity contribution in [2.75, 3.05) is 49.2 Å². The summed E-state index contributed by atoms with van der Waals surface area (Å²) in [5, 5.41) is 14.4. The van der Waals surface area contributed by atoms with Crippen LogP contribution >= 0.6 is 0 Å². The molecular formula is C16H26N4O4S. The molecule has 0 amide bonds. The van der Waals surface area contributed by atoms with Crippen LogP contribution in [0.15, 0.2) is 18.2 Å². The van der Waals surface area contributed by atoms with E-state index in [-0.39, 0.29) is 11.1 Å². The molecule has 8 nitrogen and oxygen atoms in total. The zero-order valence-corrected chi connectivity index (χ0v) is 16.0. The summed E-state index contributed by atoms with van der Waals surface area (Å²) < 4.78 is 24.7. The van der Waals surface area contributed by atoms with Crippen LogP contribution in [0.25, 0.3) is 0 Å². The fraction of sp³-hybridized carbons (Fsp3) is 0.625. The van der Waals surface area contributed by atoms with Crippen molar-refractivity contribution in [1.82, 2.24) is 4.31 Å². The summed E-state index contributed by atoms with van der Waals surface area (Å²) in [4.78, 5) is 12.9. The third-order valence-electron chi connectivity index (χ3n) is 4.06. The summed E-state index contributed by atoms with van der Waals surface area (Å²) in [7, 11) is -3.18. The van der Waals surface area contributed by atoms with E-state index in [2.05, 4.69) is 26.1 Å². The Morgan fingerprint density at radius 3 is 2.28 bits per heavy atom. The Morgan fingerprint density at radius 2 is 1.80 bits per heavy atom. The fourth-order valence-corrected chi connectivity index (χ4v) is 3.49. The minimum atomic E-state index is -3.18. The standard InChI is InChI=1S/C16H26N4O4S/c1-16(2,3)12-17-14-11-13(5-6-15(14)20(21)22)18-7-9-19(10-8-18)25(4,23)24/h5-6,11,17H,7-10,12H2,1-4H3. The Labute approximate surface area is 149 Å². The lowest BCUT2D eigenvalue weighted by atomic mass is 9.97. The summed E-state index contributed by atoms with van der Waals surface area (Å²) in [5.74, 6) is 0. The van der Waals surface area contributed by atoms with Crippen molar-refractivity contribution >= 4 is 27.1 Å². The molecule has 1 fully saturated rings. The van der Waals surface area contributed by atoms with E-state index in [0.717, 1.165) is 5.69 Å². The normalized spacial score (nSPS) is 16.7. The van der Waals surface area contributed by atoms with Crippen LogP contribution in [0.2, 0.25) is 0 Å². The Kier molecular flexibility index (Phi) is 5.58. The van der Waals surface area contributed by atoms with E-state index in [1.54, 1.807) is 12.1 Å². The smallest absolute Gasteiger partial charge is 0.292 e. The first-order valence-corrected chi connectivity index (χ1v) is 10.0. The van der Waals surface area contributed by atoms with Crippen LogP contribution in [0.1, 0.15) is 20.8 Å². The fourth-order valence-electron chi connectivity index (χ4n) is 2.66. The average Bonchev–Trinajstić information content (AvgIpc) is 2.51. The van der Waals surface area contributed by atoms with Gasteiger partial charge in [-0.1, -0.05) is 20.8 Å². The molecule has 9 heteroatoms. The Balaban J connectivity index is 2.18. The molecule has 2 rings (SSSR count). The lowest BCUT2D eigenvalue weighted by Crippen LogP contribution is -2.48. The zero-order chi connectivity index (χ0) is 18.8. The maximum absolute atomic E-state index is 11.6. The number of nitrogens with zero attached hydrogens (tertiary/aromatic N) is 3. The molecule has 0 spiro atoms. The third kappa shape index (κ3) is 5.30. The first kappa shape index (κ1) is 19.5. The number of benzene rings is 1. The van der Waals surface area contributed by atoms with Crippen molar-refractivity contribution in [3.8, 4) is 0 Å². The molecule has 1 aliphatic heterocycles. The molecule has 0 bridgehead atoms. The molecule has 1 aliphatic rings.